The van der Waals surface area contributed by atoms with Gasteiger partial charge in [0.15, 0.2) is 0 Å². The highest BCUT2D eigenvalue weighted by atomic mass is 32.1. The minimum Gasteiger partial charge on any atom is -0.352 e. The van der Waals surface area contributed by atoms with Crippen molar-refractivity contribution in [1.29, 1.82) is 0 Å². The largest absolute Gasteiger partial charge is 0.352 e. The van der Waals surface area contributed by atoms with Crippen LogP contribution < -0.4 is 10.6 Å². The fourth-order valence-electron chi connectivity index (χ4n) is 2.34. The van der Waals surface area contributed by atoms with E-state index in [0.717, 1.165) is 32.4 Å². The highest BCUT2D eigenvalue weighted by Gasteiger charge is 2.22. The highest BCUT2D eigenvalue weighted by molar-refractivity contribution is 7.09. The van der Waals surface area contributed by atoms with E-state index in [9.17, 15) is 4.79 Å². The SMILES string of the molecule is CC1CCNCC1NC(=O)CCCc1cccs1. The van der Waals surface area contributed by atoms with Gasteiger partial charge in [0.25, 0.3) is 0 Å². The van der Waals surface area contributed by atoms with Gasteiger partial charge >= 0.3 is 0 Å². The van der Waals surface area contributed by atoms with Crippen molar-refractivity contribution in [3.05, 3.63) is 22.4 Å². The molecule has 2 unspecified atom stereocenters. The van der Waals surface area contributed by atoms with Gasteiger partial charge in [-0.15, -0.1) is 11.3 Å². The van der Waals surface area contributed by atoms with E-state index in [1.54, 1.807) is 11.3 Å². The van der Waals surface area contributed by atoms with Crippen LogP contribution in [0.15, 0.2) is 17.5 Å². The van der Waals surface area contributed by atoms with Crippen molar-refractivity contribution in [1.82, 2.24) is 10.6 Å². The molecule has 3 nitrogen and oxygen atoms in total. The van der Waals surface area contributed by atoms with Crippen LogP contribution in [-0.4, -0.2) is 25.0 Å². The maximum Gasteiger partial charge on any atom is 0.220 e. The van der Waals surface area contributed by atoms with Crippen LogP contribution in [0.3, 0.4) is 0 Å². The third kappa shape index (κ3) is 4.10. The maximum atomic E-state index is 11.8. The van der Waals surface area contributed by atoms with Crippen molar-refractivity contribution in [2.45, 2.75) is 38.6 Å². The highest BCUT2D eigenvalue weighted by Crippen LogP contribution is 2.13. The fraction of sp³-hybridized carbons (Fsp3) is 0.643. The van der Waals surface area contributed by atoms with Gasteiger partial charge in [-0.1, -0.05) is 13.0 Å². The molecule has 0 saturated carbocycles. The van der Waals surface area contributed by atoms with Gasteiger partial charge in [-0.05, 0) is 43.2 Å². The Balaban J connectivity index is 1.65. The Morgan fingerprint density at radius 2 is 2.50 bits per heavy atom. The van der Waals surface area contributed by atoms with E-state index in [-0.39, 0.29) is 5.91 Å². The number of hydrogen-bond acceptors (Lipinski definition) is 3. The van der Waals surface area contributed by atoms with Crippen LogP contribution in [0.5, 0.6) is 0 Å². The molecular formula is C14H22N2OS. The van der Waals surface area contributed by atoms with E-state index in [1.807, 2.05) is 0 Å². The van der Waals surface area contributed by atoms with Gasteiger partial charge in [0, 0.05) is 23.9 Å². The summed E-state index contributed by atoms with van der Waals surface area (Å²) in [6.07, 6.45) is 3.76. The van der Waals surface area contributed by atoms with Gasteiger partial charge in [-0.25, -0.2) is 0 Å². The number of rotatable bonds is 5. The van der Waals surface area contributed by atoms with Crippen molar-refractivity contribution < 1.29 is 4.79 Å². The molecule has 2 heterocycles. The van der Waals surface area contributed by atoms with Crippen molar-refractivity contribution in [2.75, 3.05) is 13.1 Å². The van der Waals surface area contributed by atoms with E-state index >= 15 is 0 Å². The molecule has 1 aromatic heterocycles. The molecule has 1 aromatic rings. The summed E-state index contributed by atoms with van der Waals surface area (Å²) in [4.78, 5) is 13.2. The lowest BCUT2D eigenvalue weighted by molar-refractivity contribution is -0.122. The van der Waals surface area contributed by atoms with Crippen LogP contribution in [0.25, 0.3) is 0 Å². The van der Waals surface area contributed by atoms with E-state index < -0.39 is 0 Å². The Labute approximate surface area is 113 Å². The molecule has 100 valence electrons. The molecule has 4 heteroatoms. The molecular weight excluding hydrogens is 244 g/mol. The Morgan fingerprint density at radius 3 is 3.22 bits per heavy atom. The first kappa shape index (κ1) is 13.6. The molecule has 1 fully saturated rings. The predicted molar refractivity (Wildman–Crippen MR) is 75.8 cm³/mol. The van der Waals surface area contributed by atoms with Crippen LogP contribution in [-0.2, 0) is 11.2 Å². The molecule has 0 aromatic carbocycles. The first-order valence-corrected chi connectivity index (χ1v) is 7.66. The summed E-state index contributed by atoms with van der Waals surface area (Å²) in [5.41, 5.74) is 0. The molecule has 1 aliphatic rings. The summed E-state index contributed by atoms with van der Waals surface area (Å²) in [5, 5.41) is 8.57. The zero-order valence-electron chi connectivity index (χ0n) is 10.9. The summed E-state index contributed by atoms with van der Waals surface area (Å²) in [6.45, 7) is 4.21. The molecule has 0 bridgehead atoms. The standard InChI is InChI=1S/C14H22N2OS/c1-11-7-8-15-10-13(11)16-14(17)6-2-4-12-5-3-9-18-12/h3,5,9,11,13,15H,2,4,6-8,10H2,1H3,(H,16,17). The van der Waals surface area contributed by atoms with Crippen molar-refractivity contribution in [3.8, 4) is 0 Å². The Bertz CT molecular complexity index is 364. The molecule has 0 radical (unpaired) electrons. The monoisotopic (exact) mass is 266 g/mol. The van der Waals surface area contributed by atoms with E-state index in [1.165, 1.54) is 4.88 Å². The lowest BCUT2D eigenvalue weighted by atomic mass is 9.94. The van der Waals surface area contributed by atoms with Gasteiger partial charge in [-0.3, -0.25) is 4.79 Å². The average Bonchev–Trinajstić information content (AvgIpc) is 2.85. The van der Waals surface area contributed by atoms with Crippen LogP contribution in [0.4, 0.5) is 0 Å². The fourth-order valence-corrected chi connectivity index (χ4v) is 3.09. The number of thiophene rings is 1. The van der Waals surface area contributed by atoms with Gasteiger partial charge < -0.3 is 10.6 Å². The molecule has 2 atom stereocenters. The summed E-state index contributed by atoms with van der Waals surface area (Å²) >= 11 is 1.77. The molecule has 0 aliphatic carbocycles. The third-order valence-electron chi connectivity index (χ3n) is 3.58. The lowest BCUT2D eigenvalue weighted by Gasteiger charge is -2.30. The quantitative estimate of drug-likeness (QED) is 0.857. The summed E-state index contributed by atoms with van der Waals surface area (Å²) in [6, 6.07) is 4.51. The number of amides is 1. The number of nitrogens with one attached hydrogen (secondary N) is 2. The van der Waals surface area contributed by atoms with Gasteiger partial charge in [0.2, 0.25) is 5.91 Å². The molecule has 1 aliphatic heterocycles. The van der Waals surface area contributed by atoms with Crippen molar-refractivity contribution in [3.63, 3.8) is 0 Å². The normalized spacial score (nSPS) is 23.8. The van der Waals surface area contributed by atoms with Crippen LogP contribution in [0.1, 0.15) is 31.1 Å². The third-order valence-corrected chi connectivity index (χ3v) is 4.52. The smallest absolute Gasteiger partial charge is 0.220 e. The zero-order chi connectivity index (χ0) is 12.8. The molecule has 0 spiro atoms. The Kier molecular flexibility index (Phi) is 5.20. The Hall–Kier alpha value is -0.870. The van der Waals surface area contributed by atoms with E-state index in [2.05, 4.69) is 35.1 Å². The lowest BCUT2D eigenvalue weighted by Crippen LogP contribution is -2.50. The van der Waals surface area contributed by atoms with Crippen LogP contribution in [0.2, 0.25) is 0 Å². The molecule has 1 amide bonds. The summed E-state index contributed by atoms with van der Waals surface area (Å²) < 4.78 is 0. The second kappa shape index (κ2) is 6.90. The molecule has 1 saturated heterocycles. The average molecular weight is 266 g/mol. The number of aryl methyl sites for hydroxylation is 1. The molecule has 18 heavy (non-hydrogen) atoms. The summed E-state index contributed by atoms with van der Waals surface area (Å²) in [7, 11) is 0. The van der Waals surface area contributed by atoms with Gasteiger partial charge in [0.1, 0.15) is 0 Å². The summed E-state index contributed by atoms with van der Waals surface area (Å²) in [5.74, 6) is 0.791. The van der Waals surface area contributed by atoms with Crippen LogP contribution in [0, 0.1) is 5.92 Å². The first-order valence-electron chi connectivity index (χ1n) is 6.78. The number of carbonyl (C=O) groups is 1. The van der Waals surface area contributed by atoms with Crippen molar-refractivity contribution >= 4 is 17.2 Å². The Morgan fingerprint density at radius 1 is 1.61 bits per heavy atom. The van der Waals surface area contributed by atoms with Crippen molar-refractivity contribution in [2.24, 2.45) is 5.92 Å². The number of hydrogen-bond donors (Lipinski definition) is 2. The maximum absolute atomic E-state index is 11.8. The van der Waals surface area contributed by atoms with Crippen LogP contribution >= 0.6 is 11.3 Å². The second-order valence-electron chi connectivity index (χ2n) is 5.08. The minimum absolute atomic E-state index is 0.201. The van der Waals surface area contributed by atoms with E-state index in [4.69, 9.17) is 0 Å². The molecule has 2 rings (SSSR count). The van der Waals surface area contributed by atoms with Gasteiger partial charge in [0.05, 0.1) is 0 Å². The zero-order valence-corrected chi connectivity index (χ0v) is 11.8. The predicted octanol–water partition coefficient (Wildman–Crippen LogP) is 2.18. The topological polar surface area (TPSA) is 41.1 Å². The molecule has 2 N–H and O–H groups in total. The second-order valence-corrected chi connectivity index (χ2v) is 6.11. The number of piperidine rings is 1. The van der Waals surface area contributed by atoms with E-state index in [0.29, 0.717) is 18.4 Å². The number of carbonyl (C=O) groups excluding carboxylic acids is 1. The minimum atomic E-state index is 0.201. The first-order chi connectivity index (χ1) is 8.75. The van der Waals surface area contributed by atoms with Gasteiger partial charge in [-0.2, -0.15) is 0 Å².